The molecule has 0 bridgehead atoms. The Hall–Kier alpha value is -1.96. The maximum absolute atomic E-state index is 12.6. The molecule has 3 N–H and O–H groups in total. The number of nitrogens with zero attached hydrogens (tertiary/aromatic N) is 2. The van der Waals surface area contributed by atoms with Crippen LogP contribution in [0.15, 0.2) is 36.4 Å². The Labute approximate surface area is 148 Å². The van der Waals surface area contributed by atoms with Gasteiger partial charge >= 0.3 is 0 Å². The summed E-state index contributed by atoms with van der Waals surface area (Å²) in [6.45, 7) is 2.23. The van der Waals surface area contributed by atoms with E-state index in [0.29, 0.717) is 12.5 Å². The molecule has 7 heteroatoms. The molecule has 1 atom stereocenters. The van der Waals surface area contributed by atoms with Gasteiger partial charge in [-0.1, -0.05) is 29.5 Å². The molecule has 1 aromatic carbocycles. The number of fused-ring (bicyclic) bond motifs is 1. The van der Waals surface area contributed by atoms with Crippen molar-refractivity contribution in [3.8, 4) is 0 Å². The minimum atomic E-state index is 0.110. The summed E-state index contributed by atoms with van der Waals surface area (Å²) in [5, 5.41) is 4.15. The Morgan fingerprint density at radius 2 is 2.17 bits per heavy atom. The van der Waals surface area contributed by atoms with Gasteiger partial charge in [-0.2, -0.15) is 0 Å². The molecule has 1 aliphatic heterocycles. The molecule has 4 rings (SSSR count). The molecule has 124 valence electrons. The zero-order chi connectivity index (χ0) is 16.5. The number of benzene rings is 1. The van der Waals surface area contributed by atoms with E-state index in [9.17, 15) is 4.79 Å². The molecule has 3 aromatic rings. The molecule has 1 unspecified atom stereocenters. The average Bonchev–Trinajstić information content (AvgIpc) is 3.29. The SMILES string of the molecule is NCC1CCN(C(=O)c2cc3sc(Nc4ccccc4)nc3s2)C1. The molecule has 1 saturated heterocycles. The van der Waals surface area contributed by atoms with Crippen molar-refractivity contribution in [2.24, 2.45) is 11.7 Å². The van der Waals surface area contributed by atoms with Crippen LogP contribution in [0.25, 0.3) is 9.53 Å². The van der Waals surface area contributed by atoms with Gasteiger partial charge in [0.2, 0.25) is 0 Å². The lowest BCUT2D eigenvalue weighted by Crippen LogP contribution is -2.29. The quantitative estimate of drug-likeness (QED) is 0.748. The fourth-order valence-corrected chi connectivity index (χ4v) is 5.01. The third-order valence-corrected chi connectivity index (χ3v) is 6.30. The smallest absolute Gasteiger partial charge is 0.264 e. The number of para-hydroxylation sites is 1. The number of carbonyl (C=O) groups is 1. The number of nitrogens with two attached hydrogens (primary N) is 1. The lowest BCUT2D eigenvalue weighted by Gasteiger charge is -2.14. The molecule has 1 aliphatic rings. The van der Waals surface area contributed by atoms with Gasteiger partial charge in [0.15, 0.2) is 5.13 Å². The third kappa shape index (κ3) is 3.02. The summed E-state index contributed by atoms with van der Waals surface area (Å²) < 4.78 is 1.05. The highest BCUT2D eigenvalue weighted by atomic mass is 32.1. The van der Waals surface area contributed by atoms with Crippen LogP contribution < -0.4 is 11.1 Å². The highest BCUT2D eigenvalue weighted by molar-refractivity contribution is 7.29. The zero-order valence-corrected chi connectivity index (χ0v) is 14.7. The first-order valence-electron chi connectivity index (χ1n) is 7.94. The van der Waals surface area contributed by atoms with Gasteiger partial charge in [-0.05, 0) is 37.1 Å². The van der Waals surface area contributed by atoms with Crippen LogP contribution in [0, 0.1) is 5.92 Å². The monoisotopic (exact) mass is 358 g/mol. The summed E-state index contributed by atoms with van der Waals surface area (Å²) in [5.74, 6) is 0.550. The molecule has 3 heterocycles. The second kappa shape index (κ2) is 6.51. The van der Waals surface area contributed by atoms with Crippen LogP contribution in [0.1, 0.15) is 16.1 Å². The van der Waals surface area contributed by atoms with Crippen LogP contribution in [0.2, 0.25) is 0 Å². The van der Waals surface area contributed by atoms with Gasteiger partial charge in [0.25, 0.3) is 5.91 Å². The highest BCUT2D eigenvalue weighted by Crippen LogP contribution is 2.35. The van der Waals surface area contributed by atoms with Crippen molar-refractivity contribution in [2.75, 3.05) is 25.0 Å². The first kappa shape index (κ1) is 15.6. The van der Waals surface area contributed by atoms with Gasteiger partial charge < -0.3 is 16.0 Å². The maximum atomic E-state index is 12.6. The number of rotatable bonds is 4. The maximum Gasteiger partial charge on any atom is 0.264 e. The van der Waals surface area contributed by atoms with Crippen LogP contribution in [-0.2, 0) is 0 Å². The number of carbonyl (C=O) groups excluding carboxylic acids is 1. The molecule has 2 aromatic heterocycles. The van der Waals surface area contributed by atoms with Crippen molar-refractivity contribution in [3.05, 3.63) is 41.3 Å². The second-order valence-electron chi connectivity index (χ2n) is 5.93. The number of likely N-dealkylation sites (tertiary alicyclic amines) is 1. The van der Waals surface area contributed by atoms with Crippen molar-refractivity contribution in [3.63, 3.8) is 0 Å². The standard InChI is InChI=1S/C17H18N4OS2/c18-9-11-6-7-21(10-11)16(22)14-8-13-15(23-14)20-17(24-13)19-12-4-2-1-3-5-12/h1-5,8,11H,6-7,9-10,18H2,(H,19,20). The Morgan fingerprint density at radius 3 is 2.88 bits per heavy atom. The summed E-state index contributed by atoms with van der Waals surface area (Å²) in [5.41, 5.74) is 6.72. The zero-order valence-electron chi connectivity index (χ0n) is 13.1. The molecule has 1 fully saturated rings. The first-order valence-corrected chi connectivity index (χ1v) is 9.58. The van der Waals surface area contributed by atoms with Gasteiger partial charge in [-0.25, -0.2) is 4.98 Å². The molecule has 5 nitrogen and oxygen atoms in total. The fourth-order valence-electron chi connectivity index (χ4n) is 2.90. The average molecular weight is 358 g/mol. The van der Waals surface area contributed by atoms with Crippen molar-refractivity contribution >= 4 is 48.9 Å². The number of thiazole rings is 1. The highest BCUT2D eigenvalue weighted by Gasteiger charge is 2.27. The minimum Gasteiger partial charge on any atom is -0.338 e. The van der Waals surface area contributed by atoms with E-state index >= 15 is 0 Å². The molecule has 0 spiro atoms. The predicted molar refractivity (Wildman–Crippen MR) is 100 cm³/mol. The summed E-state index contributed by atoms with van der Waals surface area (Å²) in [7, 11) is 0. The van der Waals surface area contributed by atoms with E-state index in [4.69, 9.17) is 5.73 Å². The number of hydrogen-bond donors (Lipinski definition) is 2. The van der Waals surface area contributed by atoms with Gasteiger partial charge in [-0.15, -0.1) is 11.3 Å². The largest absolute Gasteiger partial charge is 0.338 e. The number of anilines is 2. The summed E-state index contributed by atoms with van der Waals surface area (Å²) in [6.07, 6.45) is 1.01. The van der Waals surface area contributed by atoms with E-state index in [1.165, 1.54) is 11.3 Å². The number of nitrogens with one attached hydrogen (secondary N) is 1. The normalized spacial score (nSPS) is 17.5. The second-order valence-corrected chi connectivity index (χ2v) is 7.99. The number of hydrogen-bond acceptors (Lipinski definition) is 6. The predicted octanol–water partition coefficient (Wildman–Crippen LogP) is 3.52. The Bertz CT molecular complexity index is 826. The molecule has 0 radical (unpaired) electrons. The van der Waals surface area contributed by atoms with Gasteiger partial charge in [0.05, 0.1) is 9.58 Å². The van der Waals surface area contributed by atoms with Crippen molar-refractivity contribution in [1.29, 1.82) is 0 Å². The molecule has 0 saturated carbocycles. The van der Waals surface area contributed by atoms with Crippen LogP contribution >= 0.6 is 22.7 Å². The number of amides is 1. The van der Waals surface area contributed by atoms with Gasteiger partial charge in [-0.3, -0.25) is 4.79 Å². The first-order chi connectivity index (χ1) is 11.7. The molecular weight excluding hydrogens is 340 g/mol. The van der Waals surface area contributed by atoms with Crippen molar-refractivity contribution in [2.45, 2.75) is 6.42 Å². The van der Waals surface area contributed by atoms with Crippen LogP contribution in [0.5, 0.6) is 0 Å². The van der Waals surface area contributed by atoms with Crippen LogP contribution in [-0.4, -0.2) is 35.4 Å². The molecule has 0 aliphatic carbocycles. The van der Waals surface area contributed by atoms with Crippen molar-refractivity contribution in [1.82, 2.24) is 9.88 Å². The Kier molecular flexibility index (Phi) is 4.22. The summed E-state index contributed by atoms with van der Waals surface area (Å²) in [6, 6.07) is 11.9. The van der Waals surface area contributed by atoms with E-state index < -0.39 is 0 Å². The lowest BCUT2D eigenvalue weighted by atomic mass is 10.1. The summed E-state index contributed by atoms with van der Waals surface area (Å²) >= 11 is 3.04. The number of aromatic nitrogens is 1. The lowest BCUT2D eigenvalue weighted by molar-refractivity contribution is 0.0792. The Morgan fingerprint density at radius 1 is 1.33 bits per heavy atom. The Balaban J connectivity index is 1.50. The van der Waals surface area contributed by atoms with Gasteiger partial charge in [0, 0.05) is 18.8 Å². The van der Waals surface area contributed by atoms with E-state index in [1.54, 1.807) is 11.3 Å². The van der Waals surface area contributed by atoms with Gasteiger partial charge in [0.1, 0.15) is 4.83 Å². The van der Waals surface area contributed by atoms with E-state index in [2.05, 4.69) is 10.3 Å². The van der Waals surface area contributed by atoms with Crippen molar-refractivity contribution < 1.29 is 4.79 Å². The van der Waals surface area contributed by atoms with E-state index in [-0.39, 0.29) is 5.91 Å². The molecule has 1 amide bonds. The van der Waals surface area contributed by atoms with Crippen LogP contribution in [0.3, 0.4) is 0 Å². The molecular formula is C17H18N4OS2. The van der Waals surface area contributed by atoms with E-state index in [1.807, 2.05) is 41.3 Å². The number of thiophene rings is 1. The summed E-state index contributed by atoms with van der Waals surface area (Å²) in [4.78, 5) is 20.8. The topological polar surface area (TPSA) is 71.2 Å². The van der Waals surface area contributed by atoms with Crippen LogP contribution in [0.4, 0.5) is 10.8 Å². The molecule has 24 heavy (non-hydrogen) atoms. The minimum absolute atomic E-state index is 0.110. The fraction of sp³-hybridized carbons (Fsp3) is 0.294. The van der Waals surface area contributed by atoms with E-state index in [0.717, 1.165) is 44.7 Å². The third-order valence-electron chi connectivity index (χ3n) is 4.23.